The molecular formula is C5H6Cl2IN2OP. The minimum atomic E-state index is 0.255. The Kier molecular flexibility index (Phi) is 7.43. The maximum absolute atomic E-state index is 10.2. The number of hydrazone groups is 1. The van der Waals surface area contributed by atoms with Gasteiger partial charge in [-0.2, -0.15) is 5.10 Å². The molecular weight excluding hydrogens is 333 g/mol. The molecule has 68 valence electrons. The highest BCUT2D eigenvalue weighted by molar-refractivity contribution is 14.2. The molecule has 0 aliphatic rings. The van der Waals surface area contributed by atoms with Crippen LogP contribution in [-0.2, 0) is 4.79 Å². The quantitative estimate of drug-likeness (QED) is 0.255. The summed E-state index contributed by atoms with van der Waals surface area (Å²) in [5, 5.41) is 4.53. The van der Waals surface area contributed by atoms with Crippen LogP contribution < -0.4 is 0 Å². The highest BCUT2D eigenvalue weighted by Crippen LogP contribution is 2.25. The van der Waals surface area contributed by atoms with Gasteiger partial charge in [-0.1, -0.05) is 23.2 Å². The van der Waals surface area contributed by atoms with Gasteiger partial charge in [-0.25, -0.2) is 4.78 Å². The SMILES string of the molecule is C/C(Cl)=C(Cl)\C=N/N(C=O)PI. The van der Waals surface area contributed by atoms with Crippen LogP contribution in [0.4, 0.5) is 0 Å². The predicted molar refractivity (Wildman–Crippen MR) is 63.1 cm³/mol. The Morgan fingerprint density at radius 1 is 1.67 bits per heavy atom. The van der Waals surface area contributed by atoms with E-state index in [4.69, 9.17) is 23.2 Å². The van der Waals surface area contributed by atoms with Gasteiger partial charge in [0, 0.05) is 5.03 Å². The number of hydrogen-bond acceptors (Lipinski definition) is 2. The molecule has 0 saturated carbocycles. The van der Waals surface area contributed by atoms with Gasteiger partial charge >= 0.3 is 0 Å². The third-order valence-corrected chi connectivity index (χ3v) is 3.37. The molecule has 0 aromatic rings. The second-order valence-corrected chi connectivity index (χ2v) is 4.71. The Morgan fingerprint density at radius 3 is 2.58 bits per heavy atom. The maximum Gasteiger partial charge on any atom is 0.233 e. The van der Waals surface area contributed by atoms with Crippen LogP contribution in [0, 0.1) is 0 Å². The van der Waals surface area contributed by atoms with Crippen molar-refractivity contribution < 1.29 is 4.79 Å². The summed E-state index contributed by atoms with van der Waals surface area (Å²) in [6.07, 6.45) is 2.21. The molecule has 3 nitrogen and oxygen atoms in total. The standard InChI is InChI=1S/C5H6Cl2IN2OP/c1-4(6)5(7)2-9-10(3-11)12-8/h2-3,12H,1H3/b5-4-,9-2-. The molecule has 0 heterocycles. The molecule has 0 N–H and O–H groups in total. The molecule has 0 aromatic heterocycles. The van der Waals surface area contributed by atoms with E-state index in [9.17, 15) is 4.79 Å². The molecule has 0 aromatic carbocycles. The van der Waals surface area contributed by atoms with Crippen molar-refractivity contribution >= 4 is 64.2 Å². The lowest BCUT2D eigenvalue weighted by Gasteiger charge is -2.03. The van der Waals surface area contributed by atoms with Crippen LogP contribution in [0.15, 0.2) is 15.2 Å². The minimum absolute atomic E-state index is 0.255. The topological polar surface area (TPSA) is 32.7 Å². The summed E-state index contributed by atoms with van der Waals surface area (Å²) in [5.41, 5.74) is 0. The number of carbonyl (C=O) groups is 1. The summed E-state index contributed by atoms with van der Waals surface area (Å²) < 4.78 is 1.22. The summed E-state index contributed by atoms with van der Waals surface area (Å²) >= 11 is 13.2. The van der Waals surface area contributed by atoms with Crippen molar-refractivity contribution in [2.45, 2.75) is 6.92 Å². The van der Waals surface area contributed by atoms with Crippen LogP contribution in [0.2, 0.25) is 0 Å². The Hall–Kier alpha value is 0.620. The van der Waals surface area contributed by atoms with Crippen LogP contribution >= 0.6 is 51.6 Å². The molecule has 0 aliphatic carbocycles. The molecule has 1 amide bonds. The van der Waals surface area contributed by atoms with Crippen LogP contribution in [0.3, 0.4) is 0 Å². The van der Waals surface area contributed by atoms with Gasteiger partial charge in [0.2, 0.25) is 6.41 Å². The van der Waals surface area contributed by atoms with E-state index in [0.29, 0.717) is 16.5 Å². The van der Waals surface area contributed by atoms with Crippen molar-refractivity contribution in [2.75, 3.05) is 0 Å². The van der Waals surface area contributed by atoms with E-state index in [-0.39, 0.29) is 6.37 Å². The Morgan fingerprint density at radius 2 is 2.25 bits per heavy atom. The van der Waals surface area contributed by atoms with Crippen LogP contribution in [0.25, 0.3) is 0 Å². The van der Waals surface area contributed by atoms with Crippen LogP contribution in [-0.4, -0.2) is 17.4 Å². The molecule has 0 spiro atoms. The molecule has 1 atom stereocenters. The largest absolute Gasteiger partial charge is 0.276 e. The van der Waals surface area contributed by atoms with E-state index in [1.165, 1.54) is 11.0 Å². The van der Waals surface area contributed by atoms with E-state index in [0.717, 1.165) is 0 Å². The number of halogens is 3. The first-order valence-corrected chi connectivity index (χ1v) is 7.60. The van der Waals surface area contributed by atoms with Gasteiger partial charge < -0.3 is 0 Å². The highest BCUT2D eigenvalue weighted by Gasteiger charge is 1.95. The van der Waals surface area contributed by atoms with Gasteiger partial charge in [0.1, 0.15) is 0 Å². The number of hydrogen-bond donors (Lipinski definition) is 0. The maximum atomic E-state index is 10.2. The van der Waals surface area contributed by atoms with Gasteiger partial charge in [-0.15, -0.1) is 0 Å². The van der Waals surface area contributed by atoms with Crippen molar-refractivity contribution in [1.29, 1.82) is 0 Å². The first-order chi connectivity index (χ1) is 5.61. The number of nitrogens with zero attached hydrogens (tertiary/aromatic N) is 2. The van der Waals surface area contributed by atoms with Gasteiger partial charge in [-0.05, 0) is 29.0 Å². The zero-order valence-corrected chi connectivity index (χ0v) is 10.8. The van der Waals surface area contributed by atoms with Crippen molar-refractivity contribution in [2.24, 2.45) is 5.10 Å². The highest BCUT2D eigenvalue weighted by atomic mass is 127. The molecule has 0 fully saturated rings. The predicted octanol–water partition coefficient (Wildman–Crippen LogP) is 3.08. The zero-order chi connectivity index (χ0) is 9.56. The van der Waals surface area contributed by atoms with Crippen LogP contribution in [0.1, 0.15) is 6.92 Å². The fourth-order valence-corrected chi connectivity index (χ4v) is 1.22. The van der Waals surface area contributed by atoms with Gasteiger partial charge in [-0.3, -0.25) is 4.79 Å². The fourth-order valence-electron chi connectivity index (χ4n) is 0.271. The summed E-state index contributed by atoms with van der Waals surface area (Å²) in [5.74, 6) is 0. The third-order valence-electron chi connectivity index (χ3n) is 0.811. The molecule has 0 rings (SSSR count). The summed E-state index contributed by atoms with van der Waals surface area (Å²) in [7, 11) is 0. The number of rotatable bonds is 4. The lowest BCUT2D eigenvalue weighted by atomic mass is 10.5. The first-order valence-electron chi connectivity index (χ1n) is 2.78. The summed E-state index contributed by atoms with van der Waals surface area (Å²) in [6, 6.07) is 0. The average Bonchev–Trinajstić information content (AvgIpc) is 2.05. The number of amides is 1. The number of carbonyl (C=O) groups excluding carboxylic acids is 1. The second kappa shape index (κ2) is 7.06. The lowest BCUT2D eigenvalue weighted by molar-refractivity contribution is -0.113. The monoisotopic (exact) mass is 338 g/mol. The fraction of sp³-hybridized carbons (Fsp3) is 0.200. The lowest BCUT2D eigenvalue weighted by Crippen LogP contribution is -2.00. The molecule has 0 bridgehead atoms. The second-order valence-electron chi connectivity index (χ2n) is 1.66. The van der Waals surface area contributed by atoms with E-state index in [1.807, 2.05) is 22.0 Å². The average molecular weight is 339 g/mol. The van der Waals surface area contributed by atoms with Gasteiger partial charge in [0.05, 0.1) is 17.6 Å². The Labute approximate surface area is 95.5 Å². The molecule has 0 aliphatic heterocycles. The van der Waals surface area contributed by atoms with Crippen molar-refractivity contribution in [3.63, 3.8) is 0 Å². The minimum Gasteiger partial charge on any atom is -0.276 e. The Bertz CT molecular complexity index is 217. The molecule has 7 heteroatoms. The van der Waals surface area contributed by atoms with Gasteiger partial charge in [0.25, 0.3) is 0 Å². The molecule has 1 unspecified atom stereocenters. The van der Waals surface area contributed by atoms with Crippen molar-refractivity contribution in [3.8, 4) is 0 Å². The van der Waals surface area contributed by atoms with E-state index in [2.05, 4.69) is 5.10 Å². The summed E-state index contributed by atoms with van der Waals surface area (Å²) in [6.45, 7) is 1.65. The number of allylic oxidation sites excluding steroid dienone is 2. The molecule has 0 radical (unpaired) electrons. The smallest absolute Gasteiger partial charge is 0.233 e. The molecule has 12 heavy (non-hydrogen) atoms. The van der Waals surface area contributed by atoms with E-state index < -0.39 is 0 Å². The van der Waals surface area contributed by atoms with Crippen molar-refractivity contribution in [3.05, 3.63) is 10.1 Å². The third kappa shape index (κ3) is 5.30. The normalized spacial score (nSPS) is 14.0. The van der Waals surface area contributed by atoms with Crippen LogP contribution in [0.5, 0.6) is 0 Å². The van der Waals surface area contributed by atoms with Gasteiger partial charge in [0.15, 0.2) is 0 Å². The zero-order valence-electron chi connectivity index (χ0n) is 6.09. The summed E-state index contributed by atoms with van der Waals surface area (Å²) in [4.78, 5) is 10.2. The van der Waals surface area contributed by atoms with E-state index in [1.54, 1.807) is 6.92 Å². The van der Waals surface area contributed by atoms with E-state index >= 15 is 0 Å². The molecule has 0 saturated heterocycles. The van der Waals surface area contributed by atoms with Crippen molar-refractivity contribution in [1.82, 2.24) is 4.78 Å². The first kappa shape index (κ1) is 12.6. The Balaban J connectivity index is 4.23.